The lowest BCUT2D eigenvalue weighted by molar-refractivity contribution is -0.136. The highest BCUT2D eigenvalue weighted by atomic mass is 35.5. The number of fused-ring (bicyclic) bond motifs is 2. The van der Waals surface area contributed by atoms with Crippen LogP contribution in [0.15, 0.2) is 102 Å². The molecule has 4 aromatic carbocycles. The third kappa shape index (κ3) is 13.5. The molecule has 0 spiro atoms. The molecule has 0 radical (unpaired) electrons. The monoisotopic (exact) mass is 1010 g/mol. The van der Waals surface area contributed by atoms with Gasteiger partial charge in [0.15, 0.2) is 0 Å². The van der Waals surface area contributed by atoms with Crippen LogP contribution in [-0.2, 0) is 51.3 Å². The van der Waals surface area contributed by atoms with Gasteiger partial charge in [0.05, 0.1) is 81.1 Å². The van der Waals surface area contributed by atoms with E-state index in [9.17, 15) is 28.4 Å². The van der Waals surface area contributed by atoms with Crippen molar-refractivity contribution in [3.8, 4) is 22.8 Å². The summed E-state index contributed by atoms with van der Waals surface area (Å²) in [4.78, 5) is 72.1. The Morgan fingerprint density at radius 3 is 2.29 bits per heavy atom. The summed E-state index contributed by atoms with van der Waals surface area (Å²) < 4.78 is 58.9. The number of imide groups is 2. The summed E-state index contributed by atoms with van der Waals surface area (Å²) in [5.41, 5.74) is 3.07. The molecule has 0 aliphatic carbocycles. The number of amides is 5. The van der Waals surface area contributed by atoms with E-state index in [-0.39, 0.29) is 87.6 Å². The fourth-order valence-electron chi connectivity index (χ4n) is 7.66. The summed E-state index contributed by atoms with van der Waals surface area (Å²) in [7, 11) is 0. The molecule has 6 aromatic rings. The van der Waals surface area contributed by atoms with Crippen LogP contribution in [0.1, 0.15) is 44.9 Å². The predicted molar refractivity (Wildman–Crippen MR) is 257 cm³/mol. The second-order valence-electron chi connectivity index (χ2n) is 16.2. The first kappa shape index (κ1) is 51.0. The molecule has 376 valence electrons. The van der Waals surface area contributed by atoms with Crippen molar-refractivity contribution < 1.29 is 65.9 Å². The molecule has 19 nitrogen and oxygen atoms in total. The Hall–Kier alpha value is -7.33. The van der Waals surface area contributed by atoms with E-state index in [2.05, 4.69) is 25.9 Å². The van der Waals surface area contributed by atoms with Crippen LogP contribution in [0.3, 0.4) is 0 Å². The van der Waals surface area contributed by atoms with Crippen molar-refractivity contribution in [2.24, 2.45) is 0 Å². The quantitative estimate of drug-likeness (QED) is 0.0386. The minimum absolute atomic E-state index is 0.000982. The molecule has 2 aliphatic rings. The van der Waals surface area contributed by atoms with E-state index >= 15 is 0 Å². The molecular weight excluding hydrogens is 959 g/mol. The lowest BCUT2D eigenvalue weighted by Crippen LogP contribution is -2.54. The van der Waals surface area contributed by atoms with Gasteiger partial charge in [0.1, 0.15) is 73.5 Å². The summed E-state index contributed by atoms with van der Waals surface area (Å²) in [6.07, 6.45) is 1.54. The first-order valence-electron chi connectivity index (χ1n) is 23.0. The maximum atomic E-state index is 13.6. The molecule has 3 N–H and O–H groups in total. The number of carbonyl (C=O) groups is 5. The smallest absolute Gasteiger partial charge is 0.266 e. The number of nitrogens with one attached hydrogen (secondary N) is 3. The van der Waals surface area contributed by atoms with Crippen molar-refractivity contribution in [1.82, 2.24) is 25.5 Å². The van der Waals surface area contributed by atoms with Crippen LogP contribution in [0, 0.1) is 5.82 Å². The number of rotatable bonds is 27. The second kappa shape index (κ2) is 25.2. The summed E-state index contributed by atoms with van der Waals surface area (Å²) >= 11 is 6.53. The van der Waals surface area contributed by atoms with E-state index in [1.54, 1.807) is 30.3 Å². The van der Waals surface area contributed by atoms with Gasteiger partial charge in [0.25, 0.3) is 11.8 Å². The van der Waals surface area contributed by atoms with Crippen LogP contribution in [0.5, 0.6) is 11.5 Å². The minimum Gasteiger partial charge on any atom is -0.491 e. The van der Waals surface area contributed by atoms with E-state index in [0.29, 0.717) is 79.0 Å². The predicted octanol–water partition coefficient (Wildman–Crippen LogP) is 6.18. The lowest BCUT2D eigenvalue weighted by atomic mass is 10.0. The zero-order valence-corrected chi connectivity index (χ0v) is 39.6. The number of hydrogen-bond acceptors (Lipinski definition) is 16. The maximum Gasteiger partial charge on any atom is 0.266 e. The zero-order valence-electron chi connectivity index (χ0n) is 38.8. The highest BCUT2D eigenvalue weighted by Crippen LogP contribution is 2.35. The van der Waals surface area contributed by atoms with Crippen molar-refractivity contribution in [3.63, 3.8) is 0 Å². The van der Waals surface area contributed by atoms with Crippen molar-refractivity contribution >= 4 is 63.5 Å². The van der Waals surface area contributed by atoms with E-state index in [1.807, 2.05) is 36.4 Å². The van der Waals surface area contributed by atoms with Gasteiger partial charge in [-0.1, -0.05) is 29.8 Å². The Morgan fingerprint density at radius 2 is 1.53 bits per heavy atom. The Balaban J connectivity index is 0.638. The zero-order chi connectivity index (χ0) is 50.2. The molecule has 2 aliphatic heterocycles. The highest BCUT2D eigenvalue weighted by molar-refractivity contribution is 6.32. The average Bonchev–Trinajstić information content (AvgIpc) is 3.95. The van der Waals surface area contributed by atoms with Gasteiger partial charge in [0, 0.05) is 23.1 Å². The van der Waals surface area contributed by atoms with Crippen LogP contribution in [0.4, 0.5) is 15.9 Å². The van der Waals surface area contributed by atoms with Gasteiger partial charge in [-0.25, -0.2) is 14.4 Å². The topological polar surface area (TPSA) is 228 Å². The summed E-state index contributed by atoms with van der Waals surface area (Å²) in [6, 6.07) is 24.5. The van der Waals surface area contributed by atoms with E-state index in [1.165, 1.54) is 30.6 Å². The van der Waals surface area contributed by atoms with Crippen LogP contribution in [0.25, 0.3) is 22.2 Å². The number of carbonyl (C=O) groups excluding carboxylic acids is 5. The fraction of sp³-hybridized carbons (Fsp3) is 0.314. The van der Waals surface area contributed by atoms with Crippen molar-refractivity contribution in [3.05, 3.63) is 131 Å². The Labute approximate surface area is 417 Å². The van der Waals surface area contributed by atoms with Crippen LogP contribution in [-0.4, -0.2) is 123 Å². The summed E-state index contributed by atoms with van der Waals surface area (Å²) in [5.74, 6) is -0.699. The van der Waals surface area contributed by atoms with Gasteiger partial charge in [-0.2, -0.15) is 0 Å². The van der Waals surface area contributed by atoms with Gasteiger partial charge in [-0.15, -0.1) is 0 Å². The normalized spacial score (nSPS) is 14.4. The second-order valence-corrected chi connectivity index (χ2v) is 16.6. The van der Waals surface area contributed by atoms with Crippen molar-refractivity contribution in [1.29, 1.82) is 0 Å². The number of furan rings is 1. The molecule has 1 fully saturated rings. The Bertz CT molecular complexity index is 2900. The van der Waals surface area contributed by atoms with Crippen molar-refractivity contribution in [2.45, 2.75) is 32.1 Å². The third-order valence-electron chi connectivity index (χ3n) is 11.1. The molecule has 72 heavy (non-hydrogen) atoms. The maximum absolute atomic E-state index is 13.6. The highest BCUT2D eigenvalue weighted by Gasteiger charge is 2.46. The SMILES string of the molecule is O=C(COCCOCCOCCOCCOCc1ccc(-c2ccc3ncnc(Nc4ccc(OCc5cccc(F)c5)c(Cl)c4)c3c2)o1)NCCOc1cccc2c1C(=O)N(C1CCC(=O)NC1=O)C2=O. The molecule has 1 saturated heterocycles. The molecule has 5 amide bonds. The van der Waals surface area contributed by atoms with E-state index < -0.39 is 29.7 Å². The first-order chi connectivity index (χ1) is 35.1. The minimum atomic E-state index is -1.09. The van der Waals surface area contributed by atoms with Gasteiger partial charge < -0.3 is 48.2 Å². The molecule has 1 atom stereocenters. The van der Waals surface area contributed by atoms with Crippen LogP contribution >= 0.6 is 11.6 Å². The summed E-state index contributed by atoms with van der Waals surface area (Å²) in [6.45, 7) is 2.93. The molecular formula is C51H50ClFN6O13. The molecule has 0 bridgehead atoms. The van der Waals surface area contributed by atoms with Gasteiger partial charge >= 0.3 is 0 Å². The molecule has 0 saturated carbocycles. The first-order valence-corrected chi connectivity index (χ1v) is 23.4. The number of benzene rings is 4. The number of piperidine rings is 1. The average molecular weight is 1010 g/mol. The van der Waals surface area contributed by atoms with Gasteiger partial charge in [-0.05, 0) is 84.8 Å². The standard InChI is InChI=1S/C51H50ClFN6O13/c52-39-27-35(8-12-43(39)71-28-32-3-1-4-34(53)25-32)57-48-38-26-33(7-10-40(38)55-31-56-48)42-13-9-36(72-42)29-68-23-21-66-19-17-65-18-20-67-22-24-69-30-46(61)54-15-16-70-44-6-2-5-37-47(44)51(64)59(50(37)63)41-11-14-45(60)58-49(41)62/h1-10,12-13,25-27,31,41H,11,14-24,28-30H2,(H,54,61)(H,55,56,57)(H,58,60,62). The molecule has 2 aromatic heterocycles. The number of halogens is 2. The number of aromatic nitrogens is 2. The number of ether oxygens (including phenoxy) is 7. The Morgan fingerprint density at radius 1 is 0.764 bits per heavy atom. The van der Waals surface area contributed by atoms with Crippen molar-refractivity contribution in [2.75, 3.05) is 77.9 Å². The van der Waals surface area contributed by atoms with E-state index in [4.69, 9.17) is 49.2 Å². The molecule has 4 heterocycles. The van der Waals surface area contributed by atoms with Gasteiger partial charge in [-0.3, -0.25) is 34.2 Å². The number of hydrogen-bond donors (Lipinski definition) is 3. The largest absolute Gasteiger partial charge is 0.491 e. The molecule has 21 heteroatoms. The van der Waals surface area contributed by atoms with Crippen LogP contribution < -0.4 is 25.4 Å². The number of nitrogens with zero attached hydrogens (tertiary/aromatic N) is 3. The Kier molecular flexibility index (Phi) is 17.8. The van der Waals surface area contributed by atoms with Crippen LogP contribution in [0.2, 0.25) is 5.02 Å². The van der Waals surface area contributed by atoms with E-state index in [0.717, 1.165) is 21.4 Å². The molecule has 1 unspecified atom stereocenters. The number of anilines is 2. The fourth-order valence-corrected chi connectivity index (χ4v) is 7.90. The molecule has 8 rings (SSSR count). The third-order valence-corrected chi connectivity index (χ3v) is 11.4. The van der Waals surface area contributed by atoms with Gasteiger partial charge in [0.2, 0.25) is 17.7 Å². The lowest BCUT2D eigenvalue weighted by Gasteiger charge is -2.27. The summed E-state index contributed by atoms with van der Waals surface area (Å²) in [5, 5.41) is 9.29.